The van der Waals surface area contributed by atoms with Crippen molar-refractivity contribution in [1.29, 1.82) is 0 Å². The molecule has 0 spiro atoms. The number of nitrogens with one attached hydrogen (secondary N) is 1. The van der Waals surface area contributed by atoms with E-state index in [4.69, 9.17) is 0 Å². The van der Waals surface area contributed by atoms with Crippen LogP contribution in [0, 0.1) is 26.6 Å². The maximum Gasteiger partial charge on any atom is 0.258 e. The van der Waals surface area contributed by atoms with E-state index in [1.54, 1.807) is 0 Å². The predicted octanol–water partition coefficient (Wildman–Crippen LogP) is 5.37. The summed E-state index contributed by atoms with van der Waals surface area (Å²) in [6.45, 7) is 5.66. The molecule has 1 N–H and O–H groups in total. The number of aromatic nitrogens is 1. The number of benzene rings is 2. The first-order valence-electron chi connectivity index (χ1n) is 9.11. The molecule has 2 aromatic carbocycles. The van der Waals surface area contributed by atoms with Crippen LogP contribution >= 0.6 is 11.8 Å². The van der Waals surface area contributed by atoms with E-state index in [-0.39, 0.29) is 23.3 Å². The topological polar surface area (TPSA) is 59.1 Å². The minimum Gasteiger partial charge on any atom is -0.322 e. The molecule has 3 aromatic rings. The summed E-state index contributed by atoms with van der Waals surface area (Å²) in [6.07, 6.45) is 0. The van der Waals surface area contributed by atoms with Crippen molar-refractivity contribution < 1.29 is 14.0 Å². The van der Waals surface area contributed by atoms with Crippen LogP contribution < -0.4 is 5.32 Å². The number of Topliss-reactive ketones (excluding diaryl/α,β-unsaturated/α-hetero) is 1. The van der Waals surface area contributed by atoms with E-state index in [0.717, 1.165) is 16.8 Å². The highest BCUT2D eigenvalue weighted by atomic mass is 32.2. The molecule has 0 aliphatic carbocycles. The largest absolute Gasteiger partial charge is 0.322 e. The Bertz CT molecular complexity index is 1060. The van der Waals surface area contributed by atoms with Crippen LogP contribution in [-0.4, -0.2) is 22.4 Å². The van der Waals surface area contributed by atoms with Gasteiger partial charge in [-0.15, -0.1) is 0 Å². The molecule has 0 saturated carbocycles. The number of hydrogen-bond acceptors (Lipinski definition) is 4. The number of anilines is 1. The zero-order valence-corrected chi connectivity index (χ0v) is 17.3. The molecule has 0 fully saturated rings. The first-order chi connectivity index (χ1) is 13.8. The Labute approximate surface area is 173 Å². The fraction of sp³-hybridized carbons (Fsp3) is 0.174. The van der Waals surface area contributed by atoms with Crippen molar-refractivity contribution in [1.82, 2.24) is 4.98 Å². The molecule has 1 heterocycles. The molecule has 29 heavy (non-hydrogen) atoms. The Morgan fingerprint density at radius 2 is 1.76 bits per heavy atom. The molecule has 0 unspecified atom stereocenters. The third kappa shape index (κ3) is 5.29. The Hall–Kier alpha value is -2.99. The number of halogens is 1. The number of carbonyl (C=O) groups excluding carboxylic acids is 2. The predicted molar refractivity (Wildman–Crippen MR) is 114 cm³/mol. The molecule has 6 heteroatoms. The quantitative estimate of drug-likeness (QED) is 0.440. The van der Waals surface area contributed by atoms with E-state index in [0.29, 0.717) is 21.8 Å². The van der Waals surface area contributed by atoms with Gasteiger partial charge in [0, 0.05) is 16.9 Å². The molecule has 4 nitrogen and oxygen atoms in total. The second-order valence-corrected chi connectivity index (χ2v) is 7.77. The van der Waals surface area contributed by atoms with Gasteiger partial charge in [-0.2, -0.15) is 0 Å². The van der Waals surface area contributed by atoms with Gasteiger partial charge in [-0.3, -0.25) is 9.59 Å². The van der Waals surface area contributed by atoms with Crippen LogP contribution in [0.1, 0.15) is 37.5 Å². The average molecular weight is 408 g/mol. The number of amides is 1. The zero-order chi connectivity index (χ0) is 21.0. The van der Waals surface area contributed by atoms with E-state index in [1.807, 2.05) is 51.1 Å². The van der Waals surface area contributed by atoms with Gasteiger partial charge < -0.3 is 5.32 Å². The summed E-state index contributed by atoms with van der Waals surface area (Å²) in [4.78, 5) is 29.9. The Kier molecular flexibility index (Phi) is 6.44. The van der Waals surface area contributed by atoms with Gasteiger partial charge in [0.05, 0.1) is 11.3 Å². The van der Waals surface area contributed by atoms with Crippen LogP contribution in [0.2, 0.25) is 0 Å². The summed E-state index contributed by atoms with van der Waals surface area (Å²) < 4.78 is 13.1. The summed E-state index contributed by atoms with van der Waals surface area (Å²) in [7, 11) is 0. The normalized spacial score (nSPS) is 10.6. The fourth-order valence-corrected chi connectivity index (χ4v) is 3.99. The van der Waals surface area contributed by atoms with Crippen molar-refractivity contribution in [2.45, 2.75) is 25.8 Å². The van der Waals surface area contributed by atoms with Crippen molar-refractivity contribution in [2.24, 2.45) is 0 Å². The van der Waals surface area contributed by atoms with Crippen LogP contribution in [0.4, 0.5) is 10.1 Å². The third-order valence-corrected chi connectivity index (χ3v) is 5.30. The van der Waals surface area contributed by atoms with Crippen molar-refractivity contribution in [3.8, 4) is 0 Å². The lowest BCUT2D eigenvalue weighted by Crippen LogP contribution is -2.16. The summed E-state index contributed by atoms with van der Waals surface area (Å²) in [5, 5.41) is 3.41. The maximum atomic E-state index is 13.1. The van der Waals surface area contributed by atoms with Crippen molar-refractivity contribution in [3.05, 3.63) is 88.4 Å². The molecule has 0 atom stereocenters. The van der Waals surface area contributed by atoms with E-state index in [1.165, 1.54) is 36.0 Å². The fourth-order valence-electron chi connectivity index (χ4n) is 2.95. The van der Waals surface area contributed by atoms with Crippen LogP contribution in [0.5, 0.6) is 0 Å². The van der Waals surface area contributed by atoms with Crippen LogP contribution in [0.25, 0.3) is 0 Å². The first-order valence-corrected chi connectivity index (χ1v) is 10.1. The number of carbonyl (C=O) groups is 2. The molecule has 1 aromatic heterocycles. The second kappa shape index (κ2) is 9.01. The van der Waals surface area contributed by atoms with E-state index < -0.39 is 0 Å². The van der Waals surface area contributed by atoms with Gasteiger partial charge in [-0.05, 0) is 74.4 Å². The van der Waals surface area contributed by atoms with E-state index in [2.05, 4.69) is 10.3 Å². The molecule has 3 rings (SSSR count). The van der Waals surface area contributed by atoms with Gasteiger partial charge in [0.15, 0.2) is 5.78 Å². The SMILES string of the molecule is Cc1cccc(NC(=O)c2c(C)cc(C)nc2SCC(=O)c2ccc(F)cc2)c1. The number of thioether (sulfide) groups is 1. The average Bonchev–Trinajstić information content (AvgIpc) is 2.66. The second-order valence-electron chi connectivity index (χ2n) is 6.80. The van der Waals surface area contributed by atoms with Gasteiger partial charge in [0.1, 0.15) is 10.8 Å². The number of pyridine rings is 1. The Morgan fingerprint density at radius 1 is 1.03 bits per heavy atom. The lowest BCUT2D eigenvalue weighted by Gasteiger charge is -2.13. The van der Waals surface area contributed by atoms with Gasteiger partial charge in [-0.25, -0.2) is 9.37 Å². The Morgan fingerprint density at radius 3 is 2.45 bits per heavy atom. The van der Waals surface area contributed by atoms with Gasteiger partial charge >= 0.3 is 0 Å². The minimum atomic E-state index is -0.389. The van der Waals surface area contributed by atoms with Crippen molar-refractivity contribution >= 4 is 29.1 Å². The molecule has 0 aliphatic rings. The summed E-state index contributed by atoms with van der Waals surface area (Å²) in [5.41, 5.74) is 4.18. The molecule has 0 bridgehead atoms. The monoisotopic (exact) mass is 408 g/mol. The highest BCUT2D eigenvalue weighted by molar-refractivity contribution is 8.00. The maximum absolute atomic E-state index is 13.1. The lowest BCUT2D eigenvalue weighted by atomic mass is 10.1. The van der Waals surface area contributed by atoms with Gasteiger partial charge in [0.2, 0.25) is 0 Å². The smallest absolute Gasteiger partial charge is 0.258 e. The Balaban J connectivity index is 1.82. The first kappa shape index (κ1) is 20.7. The molecule has 0 radical (unpaired) electrons. The highest BCUT2D eigenvalue weighted by Crippen LogP contribution is 2.26. The molecule has 148 valence electrons. The van der Waals surface area contributed by atoms with Crippen LogP contribution in [0.15, 0.2) is 59.6 Å². The lowest BCUT2D eigenvalue weighted by molar-refractivity contribution is 0.101. The standard InChI is InChI=1S/C23H21FN2O2S/c1-14-5-4-6-19(11-14)26-22(28)21-15(2)12-16(3)25-23(21)29-13-20(27)17-7-9-18(24)10-8-17/h4-12H,13H2,1-3H3,(H,26,28). The molecular formula is C23H21FN2O2S. The van der Waals surface area contributed by atoms with E-state index in [9.17, 15) is 14.0 Å². The van der Waals surface area contributed by atoms with Gasteiger partial charge in [-0.1, -0.05) is 23.9 Å². The van der Waals surface area contributed by atoms with Crippen molar-refractivity contribution in [2.75, 3.05) is 11.1 Å². The zero-order valence-electron chi connectivity index (χ0n) is 16.5. The molecule has 0 saturated heterocycles. The molecular weight excluding hydrogens is 387 g/mol. The third-order valence-electron chi connectivity index (χ3n) is 4.32. The highest BCUT2D eigenvalue weighted by Gasteiger charge is 2.19. The van der Waals surface area contributed by atoms with Crippen LogP contribution in [0.3, 0.4) is 0 Å². The number of aryl methyl sites for hydroxylation is 3. The van der Waals surface area contributed by atoms with E-state index >= 15 is 0 Å². The molecule has 0 aliphatic heterocycles. The minimum absolute atomic E-state index is 0.103. The summed E-state index contributed by atoms with van der Waals surface area (Å²) in [5.74, 6) is -0.703. The summed E-state index contributed by atoms with van der Waals surface area (Å²) >= 11 is 1.21. The summed E-state index contributed by atoms with van der Waals surface area (Å²) in [6, 6.07) is 14.8. The van der Waals surface area contributed by atoms with Gasteiger partial charge in [0.25, 0.3) is 5.91 Å². The molecule has 1 amide bonds. The number of ketones is 1. The number of nitrogens with zero attached hydrogens (tertiary/aromatic N) is 1. The number of rotatable bonds is 6. The van der Waals surface area contributed by atoms with Crippen molar-refractivity contribution in [3.63, 3.8) is 0 Å². The number of hydrogen-bond donors (Lipinski definition) is 1. The van der Waals surface area contributed by atoms with Crippen LogP contribution in [-0.2, 0) is 0 Å².